The van der Waals surface area contributed by atoms with E-state index < -0.39 is 63.0 Å². The Kier molecular flexibility index (Phi) is 20.1. The van der Waals surface area contributed by atoms with Gasteiger partial charge in [0.05, 0.1) is 4.90 Å². The average Bonchev–Trinajstić information content (AvgIpc) is 3.63. The minimum Gasteiger partial charge on any atom is -0.487 e. The number of esters is 1. The first-order valence-electron chi connectivity index (χ1n) is 26.5. The number of carbonyl (C=O) groups is 5. The van der Waals surface area contributed by atoms with Crippen molar-refractivity contribution in [2.45, 2.75) is 175 Å². The Morgan fingerprint density at radius 3 is 1.90 bits per heavy atom. The molecule has 1 aliphatic carbocycles. The van der Waals surface area contributed by atoms with Crippen molar-refractivity contribution in [3.63, 3.8) is 0 Å². The van der Waals surface area contributed by atoms with Gasteiger partial charge in [0.2, 0.25) is 11.9 Å². The molecule has 1 atom stereocenters. The minimum atomic E-state index is -4.17. The van der Waals surface area contributed by atoms with Gasteiger partial charge in [0, 0.05) is 38.6 Å². The lowest BCUT2D eigenvalue weighted by Gasteiger charge is -2.35. The molecule has 4 amide bonds. The molecule has 424 valence electrons. The van der Waals surface area contributed by atoms with Crippen LogP contribution in [0.3, 0.4) is 0 Å². The number of alkyl carbamates (subject to hydrolysis) is 1. The minimum absolute atomic E-state index is 0.00256. The van der Waals surface area contributed by atoms with Gasteiger partial charge in [-0.15, -0.1) is 0 Å². The lowest BCUT2D eigenvalue weighted by molar-refractivity contribution is -0.156. The Morgan fingerprint density at radius 2 is 1.31 bits per heavy atom. The standard InChI is InChI=1S/C57H83N7O12S/c1-36-37(2)48(38(3)39-27-28-57(13,14)74-47(36)39)77(70,71)62-50(58)60-29-19-26-45(61-51(67)72-35-44-42-24-17-15-22-40(42)41-23-16-18-25-43(41)44)49(66)59-30-20-31-63(52(68)75-55(7,8)9)32-21-33-64(53(69)76-56(10,11)12)34-46(65)73-54(4,5)6/h15-18,22-25,44-45H,19-21,26-35H2,1-14H3,(H,59,66)(H,61,67)(H3,58,60,62)/t45-/m0/s1. The van der Waals surface area contributed by atoms with Gasteiger partial charge < -0.3 is 45.0 Å². The Balaban J connectivity index is 1.26. The molecule has 0 saturated heterocycles. The smallest absolute Gasteiger partial charge is 0.410 e. The van der Waals surface area contributed by atoms with Crippen LogP contribution in [-0.4, -0.2) is 129 Å². The zero-order valence-corrected chi connectivity index (χ0v) is 48.5. The number of fused-ring (bicyclic) bond motifs is 4. The van der Waals surface area contributed by atoms with E-state index in [2.05, 4.69) is 20.3 Å². The number of aliphatic imine (C=N–C) groups is 1. The molecule has 77 heavy (non-hydrogen) atoms. The van der Waals surface area contributed by atoms with Gasteiger partial charge in [0.25, 0.3) is 10.0 Å². The monoisotopic (exact) mass is 1090 g/mol. The number of ether oxygens (including phenoxy) is 5. The van der Waals surface area contributed by atoms with Gasteiger partial charge in [-0.05, 0) is 180 Å². The fourth-order valence-corrected chi connectivity index (χ4v) is 10.8. The number of benzene rings is 3. The van der Waals surface area contributed by atoms with Crippen molar-refractivity contribution in [3.8, 4) is 16.9 Å². The highest BCUT2D eigenvalue weighted by Crippen LogP contribution is 2.45. The van der Waals surface area contributed by atoms with Gasteiger partial charge in [-0.3, -0.25) is 19.5 Å². The third-order valence-electron chi connectivity index (χ3n) is 12.9. The normalized spacial score (nSPS) is 14.6. The summed E-state index contributed by atoms with van der Waals surface area (Å²) in [6.45, 7) is 25.0. The molecule has 0 bridgehead atoms. The first-order chi connectivity index (χ1) is 35.8. The van der Waals surface area contributed by atoms with Gasteiger partial charge in [-0.2, -0.15) is 0 Å². The molecule has 0 saturated carbocycles. The summed E-state index contributed by atoms with van der Waals surface area (Å²) in [6.07, 6.45) is 0.0275. The fraction of sp³-hybridized carbons (Fsp3) is 0.579. The number of hydrogen-bond donors (Lipinski definition) is 4. The summed E-state index contributed by atoms with van der Waals surface area (Å²) < 4.78 is 59.1. The van der Waals surface area contributed by atoms with E-state index in [0.717, 1.165) is 39.8 Å². The van der Waals surface area contributed by atoms with Gasteiger partial charge in [-0.25, -0.2) is 27.5 Å². The topological polar surface area (TPSA) is 247 Å². The van der Waals surface area contributed by atoms with Gasteiger partial charge in [-0.1, -0.05) is 48.5 Å². The van der Waals surface area contributed by atoms with E-state index in [1.165, 1.54) is 9.80 Å². The van der Waals surface area contributed by atoms with Gasteiger partial charge in [0.1, 0.15) is 47.3 Å². The summed E-state index contributed by atoms with van der Waals surface area (Å²) in [4.78, 5) is 74.2. The number of nitrogens with one attached hydrogen (secondary N) is 3. The van der Waals surface area contributed by atoms with Gasteiger partial charge >= 0.3 is 24.2 Å². The number of amides is 4. The number of carbonyl (C=O) groups excluding carboxylic acids is 5. The van der Waals surface area contributed by atoms with Crippen LogP contribution < -0.4 is 25.8 Å². The van der Waals surface area contributed by atoms with Crippen LogP contribution in [0.15, 0.2) is 58.4 Å². The zero-order chi connectivity index (χ0) is 57.3. The second kappa shape index (κ2) is 25.3. The molecule has 1 aliphatic heterocycles. The first kappa shape index (κ1) is 61.3. The molecule has 5 rings (SSSR count). The van der Waals surface area contributed by atoms with Crippen LogP contribution >= 0.6 is 0 Å². The first-order valence-corrected chi connectivity index (χ1v) is 28.0. The SMILES string of the molecule is Cc1c(C)c(S(=O)(=O)NC(N)=NCCC[C@H](NC(=O)OCC2c3ccccc3-c3ccccc32)C(=O)NCCCN(CCCN(CC(=O)OC(C)(C)C)C(=O)OC(C)(C)C)C(=O)OC(C)(C)C)c(C)c2c1OC(C)(C)CC2. The van der Waals surface area contributed by atoms with Gasteiger partial charge in [0.15, 0.2) is 0 Å². The molecule has 3 aromatic carbocycles. The van der Waals surface area contributed by atoms with E-state index >= 15 is 0 Å². The lowest BCUT2D eigenvalue weighted by Crippen LogP contribution is -2.48. The lowest BCUT2D eigenvalue weighted by atomic mass is 9.88. The number of sulfonamides is 1. The maximum Gasteiger partial charge on any atom is 0.410 e. The third kappa shape index (κ3) is 17.7. The van der Waals surface area contributed by atoms with Crippen LogP contribution in [0.1, 0.15) is 148 Å². The van der Waals surface area contributed by atoms with Crippen LogP contribution in [0.2, 0.25) is 0 Å². The van der Waals surface area contributed by atoms with Crippen LogP contribution in [0.5, 0.6) is 5.75 Å². The van der Waals surface area contributed by atoms with Crippen LogP contribution in [0.25, 0.3) is 11.1 Å². The van der Waals surface area contributed by atoms with E-state index in [0.29, 0.717) is 23.3 Å². The summed E-state index contributed by atoms with van der Waals surface area (Å²) in [7, 11) is -4.17. The summed E-state index contributed by atoms with van der Waals surface area (Å²) in [5.74, 6) is -0.998. The molecule has 0 radical (unpaired) electrons. The zero-order valence-electron chi connectivity index (χ0n) is 47.7. The quantitative estimate of drug-likeness (QED) is 0.0272. The highest BCUT2D eigenvalue weighted by Gasteiger charge is 2.35. The number of nitrogens with zero attached hydrogens (tertiary/aromatic N) is 3. The highest BCUT2D eigenvalue weighted by molar-refractivity contribution is 7.90. The molecule has 2 aliphatic rings. The van der Waals surface area contributed by atoms with Crippen molar-refractivity contribution >= 4 is 46.1 Å². The van der Waals surface area contributed by atoms with E-state index in [-0.39, 0.29) is 93.9 Å². The van der Waals surface area contributed by atoms with Crippen molar-refractivity contribution in [1.29, 1.82) is 0 Å². The van der Waals surface area contributed by atoms with Crippen molar-refractivity contribution in [2.75, 3.05) is 45.9 Å². The Bertz CT molecular complexity index is 2730. The van der Waals surface area contributed by atoms with E-state index in [4.69, 9.17) is 29.4 Å². The molecule has 20 heteroatoms. The van der Waals surface area contributed by atoms with Crippen molar-refractivity contribution in [1.82, 2.24) is 25.2 Å². The van der Waals surface area contributed by atoms with E-state index in [1.807, 2.05) is 69.3 Å². The number of hydrogen-bond acceptors (Lipinski definition) is 13. The molecule has 0 aromatic heterocycles. The average molecular weight is 1090 g/mol. The summed E-state index contributed by atoms with van der Waals surface area (Å²) >= 11 is 0. The molecule has 0 fully saturated rings. The molecule has 1 heterocycles. The molecule has 0 spiro atoms. The predicted molar refractivity (Wildman–Crippen MR) is 295 cm³/mol. The maximum absolute atomic E-state index is 14.0. The second-order valence-electron chi connectivity index (χ2n) is 23.4. The fourth-order valence-electron chi connectivity index (χ4n) is 9.29. The van der Waals surface area contributed by atoms with Crippen LogP contribution in [0.4, 0.5) is 14.4 Å². The highest BCUT2D eigenvalue weighted by atomic mass is 32.2. The number of guanidine groups is 1. The molecular formula is C57H83N7O12S. The number of rotatable bonds is 20. The van der Waals surface area contributed by atoms with Crippen LogP contribution in [-0.2, 0) is 45.0 Å². The second-order valence-corrected chi connectivity index (χ2v) is 25.0. The number of nitrogens with two attached hydrogens (primary N) is 1. The summed E-state index contributed by atoms with van der Waals surface area (Å²) in [5, 5.41) is 5.61. The van der Waals surface area contributed by atoms with E-state index in [1.54, 1.807) is 76.2 Å². The Hall–Kier alpha value is -6.57. The maximum atomic E-state index is 14.0. The Labute approximate surface area is 455 Å². The van der Waals surface area contributed by atoms with Crippen molar-refractivity contribution < 1.29 is 56.1 Å². The third-order valence-corrected chi connectivity index (χ3v) is 14.5. The Morgan fingerprint density at radius 1 is 0.766 bits per heavy atom. The largest absolute Gasteiger partial charge is 0.487 e. The predicted octanol–water partition coefficient (Wildman–Crippen LogP) is 8.71. The van der Waals surface area contributed by atoms with Crippen molar-refractivity contribution in [3.05, 3.63) is 81.9 Å². The summed E-state index contributed by atoms with van der Waals surface area (Å²) in [5.41, 5.74) is 10.3. The molecule has 3 aromatic rings. The van der Waals surface area contributed by atoms with Crippen LogP contribution in [0, 0.1) is 20.8 Å². The van der Waals surface area contributed by atoms with Crippen molar-refractivity contribution in [2.24, 2.45) is 10.7 Å². The molecule has 5 N–H and O–H groups in total. The van der Waals surface area contributed by atoms with E-state index in [9.17, 15) is 32.4 Å². The summed E-state index contributed by atoms with van der Waals surface area (Å²) in [6, 6.07) is 14.8. The molecule has 0 unspecified atom stereocenters. The molecular weight excluding hydrogens is 1010 g/mol. The molecule has 19 nitrogen and oxygen atoms in total.